The van der Waals surface area contributed by atoms with Gasteiger partial charge in [0.1, 0.15) is 12.3 Å². The summed E-state index contributed by atoms with van der Waals surface area (Å²) in [6.45, 7) is 2.73. The summed E-state index contributed by atoms with van der Waals surface area (Å²) >= 11 is 0. The Hall–Kier alpha value is -2.57. The number of rotatable bonds is 5. The number of ether oxygens (including phenoxy) is 1. The van der Waals surface area contributed by atoms with Crippen molar-refractivity contribution >= 4 is 23.5 Å². The molecule has 1 aromatic rings. The van der Waals surface area contributed by atoms with Crippen LogP contribution >= 0.6 is 0 Å². The van der Waals surface area contributed by atoms with E-state index in [1.165, 1.54) is 18.7 Å². The number of aliphatic carboxylic acids is 1. The summed E-state index contributed by atoms with van der Waals surface area (Å²) in [5.41, 5.74) is -0.533. The highest BCUT2D eigenvalue weighted by Gasteiger charge is 2.30. The molecule has 0 fully saturated rings. The molecule has 1 aliphatic heterocycles. The van der Waals surface area contributed by atoms with Crippen LogP contribution in [0.2, 0.25) is 0 Å². The smallest absolute Gasteiger partial charge is 0.310 e. The third-order valence-corrected chi connectivity index (χ3v) is 3.42. The Morgan fingerprint density at radius 2 is 2.05 bits per heavy atom. The number of nitrogens with zero attached hydrogens (tertiary/aromatic N) is 1. The van der Waals surface area contributed by atoms with Gasteiger partial charge in [0.25, 0.3) is 5.91 Å². The van der Waals surface area contributed by atoms with Crippen LogP contribution in [0.25, 0.3) is 0 Å². The minimum absolute atomic E-state index is 0.0126. The zero-order chi connectivity index (χ0) is 16.3. The monoisotopic (exact) mass is 306 g/mol. The van der Waals surface area contributed by atoms with Crippen molar-refractivity contribution < 1.29 is 24.2 Å². The maximum absolute atomic E-state index is 12.0. The topological polar surface area (TPSA) is 95.9 Å². The summed E-state index contributed by atoms with van der Waals surface area (Å²) in [7, 11) is 0. The summed E-state index contributed by atoms with van der Waals surface area (Å²) in [4.78, 5) is 36.3. The fraction of sp³-hybridized carbons (Fsp3) is 0.400. The third-order valence-electron chi connectivity index (χ3n) is 3.42. The maximum Gasteiger partial charge on any atom is 0.310 e. The predicted molar refractivity (Wildman–Crippen MR) is 78.7 cm³/mol. The third kappa shape index (κ3) is 3.36. The highest BCUT2D eigenvalue weighted by Crippen LogP contribution is 2.31. The van der Waals surface area contributed by atoms with Crippen molar-refractivity contribution in [3.05, 3.63) is 24.3 Å². The average molecular weight is 306 g/mol. The first-order valence-electron chi connectivity index (χ1n) is 6.83. The van der Waals surface area contributed by atoms with Crippen molar-refractivity contribution in [2.24, 2.45) is 5.41 Å². The first-order chi connectivity index (χ1) is 10.3. The van der Waals surface area contributed by atoms with Crippen molar-refractivity contribution in [1.82, 2.24) is 5.32 Å². The number of benzene rings is 1. The highest BCUT2D eigenvalue weighted by atomic mass is 16.5. The molecule has 2 amide bonds. The van der Waals surface area contributed by atoms with Gasteiger partial charge in [-0.05, 0) is 26.0 Å². The zero-order valence-corrected chi connectivity index (χ0v) is 12.5. The zero-order valence-electron chi connectivity index (χ0n) is 12.5. The van der Waals surface area contributed by atoms with E-state index in [1.54, 1.807) is 24.3 Å². The normalized spacial score (nSPS) is 14.1. The molecule has 0 aromatic heterocycles. The molecule has 2 rings (SSSR count). The van der Waals surface area contributed by atoms with Gasteiger partial charge in [-0.1, -0.05) is 12.1 Å². The van der Waals surface area contributed by atoms with E-state index >= 15 is 0 Å². The summed E-state index contributed by atoms with van der Waals surface area (Å²) in [6, 6.07) is 6.95. The minimum Gasteiger partial charge on any atom is -0.482 e. The fourth-order valence-electron chi connectivity index (χ4n) is 1.92. The molecule has 0 spiro atoms. The average Bonchev–Trinajstić information content (AvgIpc) is 2.48. The summed E-state index contributed by atoms with van der Waals surface area (Å²) < 4.78 is 5.29. The number of hydrogen-bond donors (Lipinski definition) is 2. The second-order valence-electron chi connectivity index (χ2n) is 5.70. The summed E-state index contributed by atoms with van der Waals surface area (Å²) in [5.74, 6) is -1.19. The van der Waals surface area contributed by atoms with E-state index in [0.717, 1.165) is 0 Å². The maximum atomic E-state index is 12.0. The molecule has 22 heavy (non-hydrogen) atoms. The summed E-state index contributed by atoms with van der Waals surface area (Å²) in [6.07, 6.45) is 0. The molecule has 0 radical (unpaired) electrons. The van der Waals surface area contributed by atoms with Crippen LogP contribution in [0, 0.1) is 5.41 Å². The van der Waals surface area contributed by atoms with Crippen LogP contribution in [0.15, 0.2) is 24.3 Å². The largest absolute Gasteiger partial charge is 0.482 e. The molecule has 2 N–H and O–H groups in total. The van der Waals surface area contributed by atoms with Crippen LogP contribution in [0.1, 0.15) is 13.8 Å². The molecule has 118 valence electrons. The number of carbonyl (C=O) groups excluding carboxylic acids is 2. The molecule has 7 nitrogen and oxygen atoms in total. The first kappa shape index (κ1) is 15.8. The van der Waals surface area contributed by atoms with Crippen LogP contribution < -0.4 is 15.0 Å². The Balaban J connectivity index is 2.03. The van der Waals surface area contributed by atoms with Gasteiger partial charge < -0.3 is 15.2 Å². The van der Waals surface area contributed by atoms with Crippen molar-refractivity contribution in [2.45, 2.75) is 13.8 Å². The van der Waals surface area contributed by atoms with Gasteiger partial charge in [-0.15, -0.1) is 0 Å². The van der Waals surface area contributed by atoms with E-state index in [1.807, 2.05) is 0 Å². The van der Waals surface area contributed by atoms with Gasteiger partial charge in [-0.2, -0.15) is 0 Å². The lowest BCUT2D eigenvalue weighted by Crippen LogP contribution is -2.47. The van der Waals surface area contributed by atoms with Crippen LogP contribution in [0.5, 0.6) is 5.75 Å². The van der Waals surface area contributed by atoms with Gasteiger partial charge in [0.2, 0.25) is 5.91 Å². The van der Waals surface area contributed by atoms with Crippen molar-refractivity contribution in [3.8, 4) is 5.75 Å². The Bertz CT molecular complexity index is 612. The first-order valence-corrected chi connectivity index (χ1v) is 6.83. The summed E-state index contributed by atoms with van der Waals surface area (Å²) in [5, 5.41) is 11.6. The number of carbonyl (C=O) groups is 3. The van der Waals surface area contributed by atoms with Crippen LogP contribution in [-0.4, -0.2) is 42.6 Å². The van der Waals surface area contributed by atoms with E-state index < -0.39 is 17.3 Å². The molecule has 7 heteroatoms. The molecule has 0 saturated carbocycles. The van der Waals surface area contributed by atoms with E-state index in [4.69, 9.17) is 9.84 Å². The number of carboxylic acids is 1. The minimum atomic E-state index is -1.07. The SMILES string of the molecule is CC(C)(CNC(=O)CN1C(=O)COc2ccccc21)C(=O)O. The van der Waals surface area contributed by atoms with Crippen LogP contribution in [0.4, 0.5) is 5.69 Å². The van der Waals surface area contributed by atoms with Crippen LogP contribution in [0.3, 0.4) is 0 Å². The number of nitrogens with one attached hydrogen (secondary N) is 1. The molecular weight excluding hydrogens is 288 g/mol. The quantitative estimate of drug-likeness (QED) is 0.832. The number of carboxylic acid groups (broad SMARTS) is 1. The van der Waals surface area contributed by atoms with E-state index in [0.29, 0.717) is 11.4 Å². The van der Waals surface area contributed by atoms with Gasteiger partial charge in [-0.25, -0.2) is 0 Å². The second-order valence-corrected chi connectivity index (χ2v) is 5.70. The number of amides is 2. The molecule has 0 unspecified atom stereocenters. The second kappa shape index (κ2) is 6.05. The Labute approximate surface area is 127 Å². The molecule has 0 bridgehead atoms. The van der Waals surface area contributed by atoms with Gasteiger partial charge in [0.15, 0.2) is 6.61 Å². The highest BCUT2D eigenvalue weighted by molar-refractivity contribution is 6.02. The van der Waals surface area contributed by atoms with Gasteiger partial charge in [0, 0.05) is 6.54 Å². The standard InChI is InChI=1S/C15H18N2O5/c1-15(2,14(20)21)9-16-12(18)7-17-10-5-3-4-6-11(10)22-8-13(17)19/h3-6H,7-9H2,1-2H3,(H,16,18)(H,20,21). The molecule has 1 heterocycles. The van der Waals surface area contributed by atoms with E-state index in [-0.39, 0.29) is 25.6 Å². The van der Waals surface area contributed by atoms with Crippen molar-refractivity contribution in [2.75, 3.05) is 24.6 Å². The number of anilines is 1. The molecule has 1 aromatic carbocycles. The van der Waals surface area contributed by atoms with Crippen molar-refractivity contribution in [3.63, 3.8) is 0 Å². The fourth-order valence-corrected chi connectivity index (χ4v) is 1.92. The lowest BCUT2D eigenvalue weighted by atomic mass is 9.94. The van der Waals surface area contributed by atoms with Crippen LogP contribution in [-0.2, 0) is 14.4 Å². The van der Waals surface area contributed by atoms with Gasteiger partial charge >= 0.3 is 5.97 Å². The van der Waals surface area contributed by atoms with Crippen molar-refractivity contribution in [1.29, 1.82) is 0 Å². The number of hydrogen-bond acceptors (Lipinski definition) is 4. The number of fused-ring (bicyclic) bond motifs is 1. The van der Waals surface area contributed by atoms with E-state index in [9.17, 15) is 14.4 Å². The Morgan fingerprint density at radius 1 is 1.36 bits per heavy atom. The molecule has 1 aliphatic rings. The predicted octanol–water partition coefficient (Wildman–Crippen LogP) is 0.639. The molecular formula is C15H18N2O5. The Morgan fingerprint density at radius 3 is 2.73 bits per heavy atom. The Kier molecular flexibility index (Phi) is 4.35. The molecule has 0 aliphatic carbocycles. The molecule has 0 atom stereocenters. The lowest BCUT2D eigenvalue weighted by molar-refractivity contribution is -0.146. The lowest BCUT2D eigenvalue weighted by Gasteiger charge is -2.29. The van der Waals surface area contributed by atoms with Gasteiger partial charge in [0.05, 0.1) is 11.1 Å². The van der Waals surface area contributed by atoms with Gasteiger partial charge in [-0.3, -0.25) is 19.3 Å². The molecule has 0 saturated heterocycles. The van der Waals surface area contributed by atoms with E-state index in [2.05, 4.69) is 5.32 Å². The number of para-hydroxylation sites is 2.